The first-order chi connectivity index (χ1) is 11.5. The highest BCUT2D eigenvalue weighted by Crippen LogP contribution is 2.23. The molecule has 0 aliphatic rings. The Morgan fingerprint density at radius 3 is 2.46 bits per heavy atom. The number of carbonyl (C=O) groups is 1. The van der Waals surface area contributed by atoms with Crippen molar-refractivity contribution in [2.24, 2.45) is 12.0 Å². The van der Waals surface area contributed by atoms with Crippen LogP contribution in [0, 0.1) is 17.0 Å². The maximum absolute atomic E-state index is 12.3. The molecule has 1 aromatic heterocycles. The number of fused-ring (bicyclic) bond motifs is 1. The number of para-hydroxylation sites is 1. The normalized spacial score (nSPS) is 11.7. The standard InChI is InChI=1S/C18H15N3O3/c1-12-6-8-14(9-7-12)18(22)19-16-11-10-13-4-3-5-15(21(23)24)17(13)20(16)2/h3-11H,1-2H3. The Kier molecular flexibility index (Phi) is 3.95. The zero-order valence-electron chi connectivity index (χ0n) is 13.3. The molecule has 6 nitrogen and oxygen atoms in total. The van der Waals surface area contributed by atoms with Gasteiger partial charge in [-0.2, -0.15) is 4.99 Å². The maximum Gasteiger partial charge on any atom is 0.293 e. The second-order valence-corrected chi connectivity index (χ2v) is 5.51. The molecule has 0 N–H and O–H groups in total. The van der Waals surface area contributed by atoms with Crippen LogP contribution in [0.15, 0.2) is 59.6 Å². The summed E-state index contributed by atoms with van der Waals surface area (Å²) in [4.78, 5) is 27.2. The molecule has 0 bridgehead atoms. The predicted molar refractivity (Wildman–Crippen MR) is 90.6 cm³/mol. The largest absolute Gasteiger partial charge is 0.323 e. The van der Waals surface area contributed by atoms with Crippen molar-refractivity contribution in [1.29, 1.82) is 0 Å². The lowest BCUT2D eigenvalue weighted by atomic mass is 10.1. The molecule has 3 aromatic rings. The molecule has 0 spiro atoms. The van der Waals surface area contributed by atoms with Crippen LogP contribution in [0.4, 0.5) is 5.69 Å². The van der Waals surface area contributed by atoms with E-state index in [0.717, 1.165) is 5.56 Å². The van der Waals surface area contributed by atoms with Gasteiger partial charge in [-0.05, 0) is 31.2 Å². The molecular formula is C18H15N3O3. The third kappa shape index (κ3) is 2.81. The molecule has 0 atom stereocenters. The van der Waals surface area contributed by atoms with E-state index < -0.39 is 4.92 Å². The number of non-ortho nitro benzene ring substituents is 1. The van der Waals surface area contributed by atoms with E-state index in [2.05, 4.69) is 4.99 Å². The number of nitro benzene ring substituents is 1. The number of carbonyl (C=O) groups excluding carboxylic acids is 1. The zero-order valence-corrected chi connectivity index (χ0v) is 13.3. The Morgan fingerprint density at radius 2 is 1.79 bits per heavy atom. The topological polar surface area (TPSA) is 77.5 Å². The first-order valence-corrected chi connectivity index (χ1v) is 7.36. The molecule has 24 heavy (non-hydrogen) atoms. The molecule has 0 aliphatic carbocycles. The number of rotatable bonds is 2. The lowest BCUT2D eigenvalue weighted by Crippen LogP contribution is -2.20. The van der Waals surface area contributed by atoms with E-state index in [0.29, 0.717) is 22.0 Å². The molecule has 0 unspecified atom stereocenters. The smallest absolute Gasteiger partial charge is 0.293 e. The number of benzene rings is 2. The molecule has 0 radical (unpaired) electrons. The van der Waals surface area contributed by atoms with E-state index in [1.165, 1.54) is 6.07 Å². The molecular weight excluding hydrogens is 306 g/mol. The summed E-state index contributed by atoms with van der Waals surface area (Å²) in [6.45, 7) is 1.94. The SMILES string of the molecule is Cc1ccc(C(=O)N=c2ccc3cccc([N+](=O)[O-])c3n2C)cc1. The van der Waals surface area contributed by atoms with Gasteiger partial charge in [-0.1, -0.05) is 29.8 Å². The lowest BCUT2D eigenvalue weighted by Gasteiger charge is -2.07. The average molecular weight is 321 g/mol. The maximum atomic E-state index is 12.3. The summed E-state index contributed by atoms with van der Waals surface area (Å²) in [6.07, 6.45) is 0. The molecule has 1 amide bonds. The fourth-order valence-electron chi connectivity index (χ4n) is 2.56. The van der Waals surface area contributed by atoms with Gasteiger partial charge in [-0.3, -0.25) is 14.9 Å². The van der Waals surface area contributed by atoms with Gasteiger partial charge >= 0.3 is 0 Å². The van der Waals surface area contributed by atoms with Crippen LogP contribution in [-0.4, -0.2) is 15.4 Å². The summed E-state index contributed by atoms with van der Waals surface area (Å²) in [5, 5.41) is 12.0. The number of hydrogen-bond donors (Lipinski definition) is 0. The van der Waals surface area contributed by atoms with Crippen molar-refractivity contribution in [1.82, 2.24) is 4.57 Å². The number of aromatic nitrogens is 1. The van der Waals surface area contributed by atoms with Crippen LogP contribution in [0.2, 0.25) is 0 Å². The van der Waals surface area contributed by atoms with E-state index in [1.54, 1.807) is 48.0 Å². The Morgan fingerprint density at radius 1 is 1.08 bits per heavy atom. The second-order valence-electron chi connectivity index (χ2n) is 5.51. The van der Waals surface area contributed by atoms with Gasteiger partial charge in [-0.15, -0.1) is 0 Å². The number of aryl methyl sites for hydroxylation is 2. The van der Waals surface area contributed by atoms with Crippen LogP contribution in [0.5, 0.6) is 0 Å². The first-order valence-electron chi connectivity index (χ1n) is 7.36. The van der Waals surface area contributed by atoms with Crippen LogP contribution < -0.4 is 5.49 Å². The number of hydrogen-bond acceptors (Lipinski definition) is 3. The van der Waals surface area contributed by atoms with Gasteiger partial charge in [0.2, 0.25) is 0 Å². The highest BCUT2D eigenvalue weighted by atomic mass is 16.6. The third-order valence-electron chi connectivity index (χ3n) is 3.85. The van der Waals surface area contributed by atoms with Crippen LogP contribution in [-0.2, 0) is 7.05 Å². The fourth-order valence-corrected chi connectivity index (χ4v) is 2.56. The highest BCUT2D eigenvalue weighted by molar-refractivity contribution is 5.95. The molecule has 0 saturated carbocycles. The Bertz CT molecular complexity index is 1020. The molecule has 0 fully saturated rings. The van der Waals surface area contributed by atoms with E-state index in [9.17, 15) is 14.9 Å². The average Bonchev–Trinajstić information content (AvgIpc) is 2.57. The fraction of sp³-hybridized carbons (Fsp3) is 0.111. The van der Waals surface area contributed by atoms with Gasteiger partial charge in [0.15, 0.2) is 0 Å². The Hall–Kier alpha value is -3.28. The summed E-state index contributed by atoms with van der Waals surface area (Å²) in [7, 11) is 1.66. The molecule has 3 rings (SSSR count). The van der Waals surface area contributed by atoms with E-state index >= 15 is 0 Å². The Labute approximate surface area is 137 Å². The van der Waals surface area contributed by atoms with Crippen molar-refractivity contribution in [3.63, 3.8) is 0 Å². The van der Waals surface area contributed by atoms with Crippen molar-refractivity contribution < 1.29 is 9.72 Å². The van der Waals surface area contributed by atoms with Crippen LogP contribution in [0.25, 0.3) is 10.9 Å². The molecule has 6 heteroatoms. The van der Waals surface area contributed by atoms with Gasteiger partial charge in [0.05, 0.1) is 4.92 Å². The van der Waals surface area contributed by atoms with Crippen LogP contribution >= 0.6 is 0 Å². The molecule has 0 saturated heterocycles. The van der Waals surface area contributed by atoms with Gasteiger partial charge < -0.3 is 4.57 Å². The lowest BCUT2D eigenvalue weighted by molar-refractivity contribution is -0.383. The molecule has 2 aromatic carbocycles. The highest BCUT2D eigenvalue weighted by Gasteiger charge is 2.14. The summed E-state index contributed by atoms with van der Waals surface area (Å²) < 4.78 is 1.57. The van der Waals surface area contributed by atoms with Crippen molar-refractivity contribution >= 4 is 22.5 Å². The number of nitrogens with zero attached hydrogens (tertiary/aromatic N) is 3. The van der Waals surface area contributed by atoms with E-state index in [-0.39, 0.29) is 11.6 Å². The van der Waals surface area contributed by atoms with E-state index in [4.69, 9.17) is 0 Å². The third-order valence-corrected chi connectivity index (χ3v) is 3.85. The predicted octanol–water partition coefficient (Wildman–Crippen LogP) is 3.14. The van der Waals surface area contributed by atoms with Crippen molar-refractivity contribution in [3.8, 4) is 0 Å². The summed E-state index contributed by atoms with van der Waals surface area (Å²) in [5.74, 6) is -0.386. The first kappa shape index (κ1) is 15.6. The number of amides is 1. The van der Waals surface area contributed by atoms with Crippen LogP contribution in [0.3, 0.4) is 0 Å². The molecule has 120 valence electrons. The summed E-state index contributed by atoms with van der Waals surface area (Å²) in [5.41, 5.74) is 2.30. The minimum absolute atomic E-state index is 0.0187. The van der Waals surface area contributed by atoms with Crippen molar-refractivity contribution in [2.45, 2.75) is 6.92 Å². The molecule has 1 heterocycles. The molecule has 0 aliphatic heterocycles. The number of nitro groups is 1. The van der Waals surface area contributed by atoms with E-state index in [1.807, 2.05) is 19.1 Å². The van der Waals surface area contributed by atoms with Gasteiger partial charge in [0.25, 0.3) is 11.6 Å². The quantitative estimate of drug-likeness (QED) is 0.537. The number of pyridine rings is 1. The Balaban J connectivity index is 2.18. The minimum atomic E-state index is -0.437. The van der Waals surface area contributed by atoms with Gasteiger partial charge in [-0.25, -0.2) is 0 Å². The minimum Gasteiger partial charge on any atom is -0.323 e. The van der Waals surface area contributed by atoms with Gasteiger partial charge in [0, 0.05) is 24.1 Å². The second kappa shape index (κ2) is 6.08. The zero-order chi connectivity index (χ0) is 17.3. The summed E-state index contributed by atoms with van der Waals surface area (Å²) in [6, 6.07) is 15.4. The summed E-state index contributed by atoms with van der Waals surface area (Å²) >= 11 is 0. The van der Waals surface area contributed by atoms with Crippen LogP contribution in [0.1, 0.15) is 15.9 Å². The van der Waals surface area contributed by atoms with Gasteiger partial charge in [0.1, 0.15) is 11.0 Å². The van der Waals surface area contributed by atoms with Crippen molar-refractivity contribution in [2.75, 3.05) is 0 Å². The monoisotopic (exact) mass is 321 g/mol. The van der Waals surface area contributed by atoms with Crippen molar-refractivity contribution in [3.05, 3.63) is 81.3 Å².